The van der Waals surface area contributed by atoms with Crippen LogP contribution < -0.4 is 10.6 Å². The number of hydrogen-bond donors (Lipinski definition) is 2. The minimum absolute atomic E-state index is 0.00723. The summed E-state index contributed by atoms with van der Waals surface area (Å²) in [6.45, 7) is 6.19. The Labute approximate surface area is 293 Å². The van der Waals surface area contributed by atoms with E-state index < -0.39 is 54.1 Å². The molecular formula is C38H50FN5O6. The van der Waals surface area contributed by atoms with Gasteiger partial charge in [0.05, 0.1) is 49.1 Å². The van der Waals surface area contributed by atoms with E-state index in [0.29, 0.717) is 43.1 Å². The topological polar surface area (TPSA) is 121 Å². The molecule has 12 heteroatoms. The molecule has 5 fully saturated rings. The number of Topliss-reactive ketones (excluding diaryl/α,β-unsaturated/α-hetero) is 3. The lowest BCUT2D eigenvalue weighted by Gasteiger charge is -2.60. The summed E-state index contributed by atoms with van der Waals surface area (Å²) >= 11 is 0. The summed E-state index contributed by atoms with van der Waals surface area (Å²) in [5, 5.41) is 6.46. The Hall–Kier alpha value is -3.03. The first kappa shape index (κ1) is 34.1. The Kier molecular flexibility index (Phi) is 9.66. The number of halogens is 1. The summed E-state index contributed by atoms with van der Waals surface area (Å²) in [4.78, 5) is 62.1. The van der Waals surface area contributed by atoms with Gasteiger partial charge in [-0.3, -0.25) is 24.1 Å². The predicted octanol–water partition coefficient (Wildman–Crippen LogP) is 2.00. The number of alkyl halides is 1. The Morgan fingerprint density at radius 2 is 1.68 bits per heavy atom. The number of nitrogens with zero attached hydrogens (tertiary/aromatic N) is 3. The van der Waals surface area contributed by atoms with Crippen LogP contribution in [0.3, 0.4) is 0 Å². The maximum Gasteiger partial charge on any atom is 0.256 e. The van der Waals surface area contributed by atoms with Crippen molar-refractivity contribution in [3.8, 4) is 0 Å². The number of ketones is 3. The molecule has 3 aliphatic carbocycles. The second-order valence-corrected chi connectivity index (χ2v) is 15.5. The standard InChI is InChI=1S/C38H50FN5O6/c1-42-12-4-6-22(42)9-11-41-38(48)28-21-44-30-19-25-26(35(46)24-8-3-2-7-23(24)34(25)45)20-31(30)50-37-32(29(39)18-27(33(37)44)36(28)47)40-10-5-13-43-14-16-49-17-15-43/h2-3,7-8,21-22,25-27,29-33,37,40H,4-6,9-20H2,1H3,(H,41,48). The lowest BCUT2D eigenvalue weighted by Crippen LogP contribution is -2.73. The zero-order valence-corrected chi connectivity index (χ0v) is 28.9. The van der Waals surface area contributed by atoms with E-state index in [2.05, 4.69) is 32.4 Å². The molecule has 7 aliphatic rings. The van der Waals surface area contributed by atoms with Crippen LogP contribution in [-0.2, 0) is 19.1 Å². The minimum Gasteiger partial charge on any atom is -0.379 e. The number of amides is 1. The molecule has 3 saturated heterocycles. The normalized spacial score (nSPS) is 37.0. The van der Waals surface area contributed by atoms with Crippen LogP contribution in [-0.4, -0.2) is 140 Å². The summed E-state index contributed by atoms with van der Waals surface area (Å²) in [7, 11) is 2.10. The third kappa shape index (κ3) is 6.14. The van der Waals surface area contributed by atoms with Crippen LogP contribution in [0, 0.1) is 17.8 Å². The number of rotatable bonds is 9. The molecule has 270 valence electrons. The van der Waals surface area contributed by atoms with Crippen LogP contribution in [0.15, 0.2) is 36.0 Å². The third-order valence-corrected chi connectivity index (χ3v) is 12.8. The maximum atomic E-state index is 16.3. The van der Waals surface area contributed by atoms with Crippen LogP contribution >= 0.6 is 0 Å². The smallest absolute Gasteiger partial charge is 0.256 e. The Morgan fingerprint density at radius 1 is 0.940 bits per heavy atom. The summed E-state index contributed by atoms with van der Waals surface area (Å²) < 4.78 is 28.6. The van der Waals surface area contributed by atoms with Crippen molar-refractivity contribution in [3.63, 3.8) is 0 Å². The molecule has 4 aliphatic heterocycles. The molecule has 1 aromatic carbocycles. The molecule has 50 heavy (non-hydrogen) atoms. The van der Waals surface area contributed by atoms with Gasteiger partial charge >= 0.3 is 0 Å². The number of hydrogen-bond acceptors (Lipinski definition) is 10. The van der Waals surface area contributed by atoms with Crippen molar-refractivity contribution in [2.75, 3.05) is 59.5 Å². The number of likely N-dealkylation sites (tertiary alicyclic amines) is 1. The van der Waals surface area contributed by atoms with Crippen molar-refractivity contribution < 1.29 is 33.0 Å². The summed E-state index contributed by atoms with van der Waals surface area (Å²) in [5.41, 5.74) is 0.966. The molecule has 0 bridgehead atoms. The number of carbonyl (C=O) groups excluding carboxylic acids is 4. The van der Waals surface area contributed by atoms with E-state index in [-0.39, 0.29) is 35.4 Å². The summed E-state index contributed by atoms with van der Waals surface area (Å²) in [6.07, 6.45) is 3.76. The van der Waals surface area contributed by atoms with Crippen molar-refractivity contribution in [1.29, 1.82) is 0 Å². The Morgan fingerprint density at radius 3 is 2.40 bits per heavy atom. The molecule has 0 radical (unpaired) electrons. The highest BCUT2D eigenvalue weighted by Gasteiger charge is 2.61. The highest BCUT2D eigenvalue weighted by Crippen LogP contribution is 2.49. The van der Waals surface area contributed by atoms with Crippen molar-refractivity contribution in [2.45, 2.75) is 87.5 Å². The molecule has 4 heterocycles. The quantitative estimate of drug-likeness (QED) is 0.294. The van der Waals surface area contributed by atoms with Crippen LogP contribution in [0.1, 0.15) is 65.7 Å². The van der Waals surface area contributed by atoms with E-state index >= 15 is 4.39 Å². The average Bonchev–Trinajstić information content (AvgIpc) is 3.54. The van der Waals surface area contributed by atoms with E-state index in [1.54, 1.807) is 30.5 Å². The summed E-state index contributed by atoms with van der Waals surface area (Å²) in [6, 6.07) is 5.96. The lowest BCUT2D eigenvalue weighted by atomic mass is 9.63. The Balaban J connectivity index is 1.06. The number of benzene rings is 1. The van der Waals surface area contributed by atoms with Gasteiger partial charge in [0, 0.05) is 60.8 Å². The molecule has 8 rings (SSSR count). The fraction of sp³-hybridized carbons (Fsp3) is 0.684. The molecule has 10 unspecified atom stereocenters. The van der Waals surface area contributed by atoms with E-state index in [9.17, 15) is 19.2 Å². The number of morpholine rings is 2. The molecule has 1 aromatic rings. The van der Waals surface area contributed by atoms with E-state index in [4.69, 9.17) is 9.47 Å². The first-order valence-electron chi connectivity index (χ1n) is 18.8. The fourth-order valence-corrected chi connectivity index (χ4v) is 10.1. The molecule has 10 atom stereocenters. The van der Waals surface area contributed by atoms with Crippen LogP contribution in [0.2, 0.25) is 0 Å². The van der Waals surface area contributed by atoms with Gasteiger partial charge in [-0.2, -0.15) is 0 Å². The first-order chi connectivity index (χ1) is 24.3. The van der Waals surface area contributed by atoms with Crippen molar-refractivity contribution in [1.82, 2.24) is 25.3 Å². The molecule has 2 saturated carbocycles. The molecule has 0 spiro atoms. The molecule has 1 amide bonds. The maximum absolute atomic E-state index is 16.3. The van der Waals surface area contributed by atoms with Gasteiger partial charge in [-0.25, -0.2) is 4.39 Å². The molecule has 0 aromatic heterocycles. The Bertz CT molecular complexity index is 1530. The van der Waals surface area contributed by atoms with E-state index in [1.807, 2.05) is 0 Å². The number of fused-ring (bicyclic) bond motifs is 4. The zero-order valence-electron chi connectivity index (χ0n) is 28.9. The van der Waals surface area contributed by atoms with Gasteiger partial charge in [0.15, 0.2) is 17.3 Å². The van der Waals surface area contributed by atoms with Gasteiger partial charge in [0.1, 0.15) is 6.17 Å². The molecule has 11 nitrogen and oxygen atoms in total. The van der Waals surface area contributed by atoms with Crippen LogP contribution in [0.5, 0.6) is 0 Å². The number of nitrogens with one attached hydrogen (secondary N) is 2. The lowest BCUT2D eigenvalue weighted by molar-refractivity contribution is -0.202. The van der Waals surface area contributed by atoms with Crippen LogP contribution in [0.25, 0.3) is 0 Å². The van der Waals surface area contributed by atoms with Gasteiger partial charge in [-0.15, -0.1) is 0 Å². The highest BCUT2D eigenvalue weighted by atomic mass is 19.1. The van der Waals surface area contributed by atoms with Gasteiger partial charge in [0.2, 0.25) is 0 Å². The SMILES string of the molecule is CN1CCCC1CCNC(=O)C1=CN2C3CC4C(=O)c5ccccc5C(=O)C4CC3OC3C(NCCCN4CCOCC4)C(F)CC(C1=O)C32. The second-order valence-electron chi connectivity index (χ2n) is 15.5. The molecule has 2 N–H and O–H groups in total. The average molecular weight is 692 g/mol. The minimum atomic E-state index is -1.35. The van der Waals surface area contributed by atoms with Gasteiger partial charge < -0.3 is 29.9 Å². The summed E-state index contributed by atoms with van der Waals surface area (Å²) in [5.74, 6) is -2.65. The monoisotopic (exact) mass is 691 g/mol. The number of ether oxygens (including phenoxy) is 2. The largest absolute Gasteiger partial charge is 0.379 e. The zero-order chi connectivity index (χ0) is 34.5. The molecular weight excluding hydrogens is 641 g/mol. The van der Waals surface area contributed by atoms with Gasteiger partial charge in [0.25, 0.3) is 5.91 Å². The number of carbonyl (C=O) groups is 4. The van der Waals surface area contributed by atoms with Crippen molar-refractivity contribution in [3.05, 3.63) is 47.2 Å². The van der Waals surface area contributed by atoms with Crippen molar-refractivity contribution >= 4 is 23.3 Å². The highest BCUT2D eigenvalue weighted by molar-refractivity contribution is 6.20. The van der Waals surface area contributed by atoms with Gasteiger partial charge in [-0.1, -0.05) is 24.3 Å². The van der Waals surface area contributed by atoms with Gasteiger partial charge in [-0.05, 0) is 71.6 Å². The van der Waals surface area contributed by atoms with E-state index in [0.717, 1.165) is 65.1 Å². The second kappa shape index (κ2) is 14.2. The fourth-order valence-electron chi connectivity index (χ4n) is 10.1. The van der Waals surface area contributed by atoms with E-state index in [1.165, 1.54) is 0 Å². The van der Waals surface area contributed by atoms with Crippen LogP contribution in [0.4, 0.5) is 4.39 Å². The third-order valence-electron chi connectivity index (χ3n) is 12.8. The van der Waals surface area contributed by atoms with Crippen molar-refractivity contribution in [2.24, 2.45) is 17.8 Å². The first-order valence-corrected chi connectivity index (χ1v) is 18.8. The predicted molar refractivity (Wildman–Crippen MR) is 182 cm³/mol.